The Morgan fingerprint density at radius 1 is 1.03 bits per heavy atom. The first-order valence-corrected chi connectivity index (χ1v) is 11.2. The van der Waals surface area contributed by atoms with Crippen LogP contribution in [-0.2, 0) is 6.54 Å². The van der Waals surface area contributed by atoms with Gasteiger partial charge in [-0.25, -0.2) is 5.43 Å². The number of halogens is 3. The average molecular weight is 507 g/mol. The van der Waals surface area contributed by atoms with Gasteiger partial charge in [-0.3, -0.25) is 4.79 Å². The van der Waals surface area contributed by atoms with Crippen molar-refractivity contribution in [3.05, 3.63) is 91.9 Å². The van der Waals surface area contributed by atoms with Crippen molar-refractivity contribution in [3.8, 4) is 11.5 Å². The van der Waals surface area contributed by atoms with E-state index >= 15 is 0 Å². The molecule has 0 aliphatic carbocycles. The molecular weight excluding hydrogens is 485 g/mol. The number of ether oxygens (including phenoxy) is 1. The lowest BCUT2D eigenvalue weighted by Crippen LogP contribution is -2.20. The predicted molar refractivity (Wildman–Crippen MR) is 133 cm³/mol. The van der Waals surface area contributed by atoms with Gasteiger partial charge in [0.2, 0.25) is 0 Å². The van der Waals surface area contributed by atoms with Crippen LogP contribution in [0, 0.1) is 6.92 Å². The van der Waals surface area contributed by atoms with Gasteiger partial charge in [0.15, 0.2) is 0 Å². The number of rotatable bonds is 9. The second kappa shape index (κ2) is 11.9. The first-order valence-electron chi connectivity index (χ1n) is 10.0. The summed E-state index contributed by atoms with van der Waals surface area (Å²) in [7, 11) is 0. The summed E-state index contributed by atoms with van der Waals surface area (Å²) in [4.78, 5) is 12.1. The molecule has 1 amide bonds. The lowest BCUT2D eigenvalue weighted by molar-refractivity contribution is 0.0955. The van der Waals surface area contributed by atoms with Crippen LogP contribution >= 0.6 is 34.8 Å². The maximum Gasteiger partial charge on any atom is 0.271 e. The van der Waals surface area contributed by atoms with Gasteiger partial charge in [-0.15, -0.1) is 0 Å². The number of phenols is 1. The Hall–Kier alpha value is -2.77. The van der Waals surface area contributed by atoms with Crippen LogP contribution < -0.4 is 15.5 Å². The third-order valence-corrected chi connectivity index (χ3v) is 5.72. The van der Waals surface area contributed by atoms with Gasteiger partial charge in [0.1, 0.15) is 18.1 Å². The normalized spacial score (nSPS) is 11.0. The maximum absolute atomic E-state index is 12.1. The summed E-state index contributed by atoms with van der Waals surface area (Å²) in [6.07, 6.45) is 1.55. The van der Waals surface area contributed by atoms with Crippen molar-refractivity contribution in [1.29, 1.82) is 0 Å². The molecule has 0 spiro atoms. The zero-order chi connectivity index (χ0) is 23.8. The van der Waals surface area contributed by atoms with E-state index in [4.69, 9.17) is 39.5 Å². The molecule has 0 atom stereocenters. The van der Waals surface area contributed by atoms with Gasteiger partial charge in [0.25, 0.3) is 5.91 Å². The second-order valence-corrected chi connectivity index (χ2v) is 8.38. The molecule has 3 N–H and O–H groups in total. The Bertz CT molecular complexity index is 1170. The molecule has 0 aliphatic rings. The average Bonchev–Trinajstić information content (AvgIpc) is 2.79. The highest BCUT2D eigenvalue weighted by Gasteiger charge is 2.07. The van der Waals surface area contributed by atoms with E-state index in [1.165, 1.54) is 18.2 Å². The highest BCUT2D eigenvalue weighted by Crippen LogP contribution is 2.24. The molecule has 172 valence electrons. The number of nitrogens with one attached hydrogen (secondary N) is 2. The van der Waals surface area contributed by atoms with Crippen LogP contribution in [0.1, 0.15) is 27.0 Å². The number of carbonyl (C=O) groups is 1. The van der Waals surface area contributed by atoms with Gasteiger partial charge in [-0.2, -0.15) is 5.10 Å². The van der Waals surface area contributed by atoms with Gasteiger partial charge in [0, 0.05) is 18.7 Å². The van der Waals surface area contributed by atoms with Crippen LogP contribution in [0.5, 0.6) is 11.5 Å². The summed E-state index contributed by atoms with van der Waals surface area (Å²) >= 11 is 17.8. The predicted octanol–water partition coefficient (Wildman–Crippen LogP) is 5.59. The van der Waals surface area contributed by atoms with Crippen molar-refractivity contribution in [3.63, 3.8) is 0 Å². The number of phenolic OH excluding ortho intramolecular Hbond substituents is 1. The van der Waals surface area contributed by atoms with Gasteiger partial charge in [-0.05, 0) is 72.1 Å². The Morgan fingerprint density at radius 3 is 2.58 bits per heavy atom. The van der Waals surface area contributed by atoms with E-state index in [-0.39, 0.29) is 10.8 Å². The largest absolute Gasteiger partial charge is 0.506 e. The number of amides is 1. The summed E-state index contributed by atoms with van der Waals surface area (Å²) in [6, 6.07) is 15.3. The van der Waals surface area contributed by atoms with Crippen molar-refractivity contribution in [2.24, 2.45) is 5.10 Å². The van der Waals surface area contributed by atoms with Crippen LogP contribution in [-0.4, -0.2) is 30.4 Å². The quantitative estimate of drug-likeness (QED) is 0.201. The summed E-state index contributed by atoms with van der Waals surface area (Å²) < 4.78 is 5.79. The highest BCUT2D eigenvalue weighted by molar-refractivity contribution is 6.42. The number of aryl methyl sites for hydroxylation is 1. The molecule has 0 aliphatic heterocycles. The number of hydrazone groups is 1. The van der Waals surface area contributed by atoms with Gasteiger partial charge in [0.05, 0.1) is 21.3 Å². The SMILES string of the molecule is Cc1cc(OCCNCc2ccc(Cl)c(Cl)c2)ccc1/C=N\NC(=O)c1ccc(O)c(Cl)c1. The van der Waals surface area contributed by atoms with Crippen LogP contribution in [0.25, 0.3) is 0 Å². The van der Waals surface area contributed by atoms with Crippen LogP contribution in [0.2, 0.25) is 15.1 Å². The molecule has 0 heterocycles. The molecule has 3 aromatic rings. The molecule has 33 heavy (non-hydrogen) atoms. The molecule has 0 aromatic heterocycles. The summed E-state index contributed by atoms with van der Waals surface area (Å²) in [5.41, 5.74) is 5.56. The van der Waals surface area contributed by atoms with E-state index < -0.39 is 5.91 Å². The fourth-order valence-corrected chi connectivity index (χ4v) is 3.38. The lowest BCUT2D eigenvalue weighted by Gasteiger charge is -2.10. The molecule has 0 bridgehead atoms. The summed E-state index contributed by atoms with van der Waals surface area (Å²) in [5, 5.41) is 17.9. The molecule has 3 rings (SSSR count). The molecule has 6 nitrogen and oxygen atoms in total. The van der Waals surface area contributed by atoms with E-state index in [0.717, 1.165) is 22.4 Å². The maximum atomic E-state index is 12.1. The smallest absolute Gasteiger partial charge is 0.271 e. The molecule has 0 fully saturated rings. The van der Waals surface area contributed by atoms with Crippen molar-refractivity contribution < 1.29 is 14.6 Å². The van der Waals surface area contributed by atoms with Gasteiger partial charge < -0.3 is 15.2 Å². The number of carbonyl (C=O) groups excluding carboxylic acids is 1. The van der Waals surface area contributed by atoms with Gasteiger partial charge >= 0.3 is 0 Å². The van der Waals surface area contributed by atoms with Crippen molar-refractivity contribution in [1.82, 2.24) is 10.7 Å². The number of nitrogens with zero attached hydrogens (tertiary/aromatic N) is 1. The molecule has 0 saturated heterocycles. The van der Waals surface area contributed by atoms with Crippen molar-refractivity contribution in [2.75, 3.05) is 13.2 Å². The first-order chi connectivity index (χ1) is 15.8. The summed E-state index contributed by atoms with van der Waals surface area (Å²) in [5.74, 6) is 0.222. The Morgan fingerprint density at radius 2 is 1.85 bits per heavy atom. The van der Waals surface area contributed by atoms with E-state index in [1.807, 2.05) is 37.3 Å². The number of benzene rings is 3. The topological polar surface area (TPSA) is 83.0 Å². The van der Waals surface area contributed by atoms with Crippen molar-refractivity contribution >= 4 is 46.9 Å². The fraction of sp³-hybridized carbons (Fsp3) is 0.167. The Labute approximate surface area is 207 Å². The van der Waals surface area contributed by atoms with Gasteiger partial charge in [-0.1, -0.05) is 40.9 Å². The molecule has 3 aromatic carbocycles. The fourth-order valence-electron chi connectivity index (χ4n) is 2.88. The Balaban J connectivity index is 1.44. The molecular formula is C24H22Cl3N3O3. The van der Waals surface area contributed by atoms with Crippen molar-refractivity contribution in [2.45, 2.75) is 13.5 Å². The monoisotopic (exact) mass is 505 g/mol. The minimum absolute atomic E-state index is 0.0862. The zero-order valence-corrected chi connectivity index (χ0v) is 20.0. The Kier molecular flexibility index (Phi) is 8.97. The lowest BCUT2D eigenvalue weighted by atomic mass is 10.1. The van der Waals surface area contributed by atoms with E-state index in [1.54, 1.807) is 12.3 Å². The second-order valence-electron chi connectivity index (χ2n) is 7.16. The van der Waals surface area contributed by atoms with E-state index in [2.05, 4.69) is 15.8 Å². The van der Waals surface area contributed by atoms with Crippen LogP contribution in [0.15, 0.2) is 59.7 Å². The standard InChI is InChI=1S/C24H22Cl3N3O3/c1-15-10-19(33-9-8-28-13-16-2-6-20(25)21(26)11-16)5-3-18(15)14-29-30-24(32)17-4-7-23(31)22(27)12-17/h2-7,10-12,14,28,31H,8-9,13H2,1H3,(H,30,32)/b29-14-. The minimum atomic E-state index is -0.431. The first kappa shape index (κ1) is 24.9. The number of aromatic hydroxyl groups is 1. The zero-order valence-electron chi connectivity index (χ0n) is 17.7. The van der Waals surface area contributed by atoms with Crippen LogP contribution in [0.3, 0.4) is 0 Å². The molecule has 0 unspecified atom stereocenters. The summed E-state index contributed by atoms with van der Waals surface area (Å²) in [6.45, 7) is 3.75. The minimum Gasteiger partial charge on any atom is -0.506 e. The number of hydrogen-bond acceptors (Lipinski definition) is 5. The molecule has 0 saturated carbocycles. The highest BCUT2D eigenvalue weighted by atomic mass is 35.5. The molecule has 0 radical (unpaired) electrons. The number of hydrogen-bond donors (Lipinski definition) is 3. The van der Waals surface area contributed by atoms with Crippen LogP contribution in [0.4, 0.5) is 0 Å². The van der Waals surface area contributed by atoms with E-state index in [9.17, 15) is 9.90 Å². The third kappa shape index (κ3) is 7.37. The molecule has 9 heteroatoms. The third-order valence-electron chi connectivity index (χ3n) is 4.68. The van der Waals surface area contributed by atoms with E-state index in [0.29, 0.717) is 35.3 Å².